The van der Waals surface area contributed by atoms with Crippen molar-refractivity contribution in [3.63, 3.8) is 0 Å². The number of hydrogen-bond donors (Lipinski definition) is 0. The van der Waals surface area contributed by atoms with Crippen LogP contribution >= 0.6 is 0 Å². The molecule has 194 valence electrons. The van der Waals surface area contributed by atoms with Crippen LogP contribution in [0.1, 0.15) is 44.9 Å². The number of amides is 1. The Balaban J connectivity index is 1.05. The first kappa shape index (κ1) is 25.7. The monoisotopic (exact) mass is 479 g/mol. The predicted octanol–water partition coefficient (Wildman–Crippen LogP) is 1.33. The number of unbranched alkanes of at least 4 members (excludes halogenated alkanes) is 1. The van der Waals surface area contributed by atoms with Gasteiger partial charge in [0.25, 0.3) is 0 Å². The second-order valence-corrected chi connectivity index (χ2v) is 10.5. The molecule has 0 N–H and O–H groups in total. The van der Waals surface area contributed by atoms with E-state index in [0.29, 0.717) is 13.1 Å². The van der Waals surface area contributed by atoms with E-state index in [0.717, 1.165) is 64.7 Å². The van der Waals surface area contributed by atoms with Crippen molar-refractivity contribution in [3.8, 4) is 0 Å². The van der Waals surface area contributed by atoms with Crippen LogP contribution in [0.15, 0.2) is 0 Å². The summed E-state index contributed by atoms with van der Waals surface area (Å²) in [6.07, 6.45) is 9.03. The molecule has 0 aromatic carbocycles. The minimum atomic E-state index is -0.185. The van der Waals surface area contributed by atoms with Gasteiger partial charge >= 0.3 is 12.1 Å². The number of methoxy groups -OCH3 is 1. The van der Waals surface area contributed by atoms with Crippen molar-refractivity contribution in [1.82, 2.24) is 24.5 Å². The Labute approximate surface area is 205 Å². The quantitative estimate of drug-likeness (QED) is 0.343. The van der Waals surface area contributed by atoms with Crippen molar-refractivity contribution in [2.45, 2.75) is 57.1 Å². The molecule has 4 fully saturated rings. The zero-order chi connectivity index (χ0) is 23.8. The van der Waals surface area contributed by atoms with Gasteiger partial charge in [0, 0.05) is 71.5 Å². The van der Waals surface area contributed by atoms with E-state index < -0.39 is 0 Å². The van der Waals surface area contributed by atoms with Crippen LogP contribution in [-0.2, 0) is 14.3 Å². The van der Waals surface area contributed by atoms with Crippen LogP contribution in [0.2, 0.25) is 0 Å². The third kappa shape index (κ3) is 7.54. The third-order valence-corrected chi connectivity index (χ3v) is 8.11. The normalized spacial score (nSPS) is 26.7. The van der Waals surface area contributed by atoms with Crippen molar-refractivity contribution < 1.29 is 19.1 Å². The average molecular weight is 480 g/mol. The summed E-state index contributed by atoms with van der Waals surface area (Å²) in [6, 6.07) is 0.841. The number of piperazine rings is 2. The van der Waals surface area contributed by atoms with E-state index >= 15 is 0 Å². The number of rotatable bonds is 10. The van der Waals surface area contributed by atoms with Crippen LogP contribution in [0.25, 0.3) is 0 Å². The molecule has 0 bridgehead atoms. The highest BCUT2D eigenvalue weighted by Gasteiger charge is 2.33. The molecule has 1 atom stereocenters. The number of ether oxygens (including phenoxy) is 2. The summed E-state index contributed by atoms with van der Waals surface area (Å²) in [5, 5.41) is 0. The van der Waals surface area contributed by atoms with Gasteiger partial charge in [-0.1, -0.05) is 19.3 Å². The molecular weight excluding hydrogens is 434 g/mol. The van der Waals surface area contributed by atoms with Crippen molar-refractivity contribution in [1.29, 1.82) is 0 Å². The zero-order valence-corrected chi connectivity index (χ0v) is 21.2. The summed E-state index contributed by atoms with van der Waals surface area (Å²) >= 11 is 0. The van der Waals surface area contributed by atoms with E-state index in [2.05, 4.69) is 19.6 Å². The Morgan fingerprint density at radius 3 is 2.24 bits per heavy atom. The summed E-state index contributed by atoms with van der Waals surface area (Å²) in [6.45, 7) is 12.1. The Morgan fingerprint density at radius 2 is 1.53 bits per heavy atom. The summed E-state index contributed by atoms with van der Waals surface area (Å²) in [4.78, 5) is 35.4. The van der Waals surface area contributed by atoms with Gasteiger partial charge in [-0.2, -0.15) is 0 Å². The fourth-order valence-corrected chi connectivity index (χ4v) is 5.95. The van der Waals surface area contributed by atoms with Crippen LogP contribution in [0.5, 0.6) is 0 Å². The largest absolute Gasteiger partial charge is 0.468 e. The number of carbonyl (C=O) groups excluding carboxylic acids is 2. The van der Waals surface area contributed by atoms with Gasteiger partial charge in [0.1, 0.15) is 6.10 Å². The number of esters is 1. The first-order chi connectivity index (χ1) is 16.6. The summed E-state index contributed by atoms with van der Waals surface area (Å²) in [5.74, 6) is -0.185. The lowest BCUT2D eigenvalue weighted by Gasteiger charge is -2.40. The predicted molar refractivity (Wildman–Crippen MR) is 131 cm³/mol. The fraction of sp³-hybridized carbons (Fsp3) is 0.920. The summed E-state index contributed by atoms with van der Waals surface area (Å²) < 4.78 is 10.4. The average Bonchev–Trinajstić information content (AvgIpc) is 3.22. The lowest BCUT2D eigenvalue weighted by molar-refractivity contribution is -0.142. The molecule has 34 heavy (non-hydrogen) atoms. The summed E-state index contributed by atoms with van der Waals surface area (Å²) in [5.41, 5.74) is 0. The van der Waals surface area contributed by atoms with Crippen LogP contribution < -0.4 is 0 Å². The molecule has 0 radical (unpaired) electrons. The van der Waals surface area contributed by atoms with Gasteiger partial charge in [0.05, 0.1) is 20.2 Å². The molecule has 3 saturated heterocycles. The highest BCUT2D eigenvalue weighted by atomic mass is 16.6. The molecule has 3 aliphatic heterocycles. The molecule has 4 aliphatic rings. The van der Waals surface area contributed by atoms with Crippen LogP contribution in [0, 0.1) is 0 Å². The van der Waals surface area contributed by atoms with E-state index in [4.69, 9.17) is 9.47 Å². The molecule has 1 aliphatic carbocycles. The minimum Gasteiger partial charge on any atom is -0.468 e. The van der Waals surface area contributed by atoms with E-state index in [1.807, 2.05) is 4.90 Å². The van der Waals surface area contributed by atoms with Gasteiger partial charge in [-0.25, -0.2) is 4.79 Å². The number of hydrogen-bond acceptors (Lipinski definition) is 8. The Kier molecular flexibility index (Phi) is 9.85. The van der Waals surface area contributed by atoms with Gasteiger partial charge in [0.2, 0.25) is 0 Å². The maximum absolute atomic E-state index is 12.3. The highest BCUT2D eigenvalue weighted by Crippen LogP contribution is 2.23. The van der Waals surface area contributed by atoms with Crippen LogP contribution in [-0.4, -0.2) is 141 Å². The second-order valence-electron chi connectivity index (χ2n) is 10.5. The number of nitrogens with zero attached hydrogens (tertiary/aromatic N) is 5. The topological polar surface area (TPSA) is 68.8 Å². The third-order valence-electron chi connectivity index (χ3n) is 8.11. The van der Waals surface area contributed by atoms with E-state index in [9.17, 15) is 9.59 Å². The van der Waals surface area contributed by atoms with Crippen molar-refractivity contribution in [3.05, 3.63) is 0 Å². The highest BCUT2D eigenvalue weighted by molar-refractivity contribution is 5.71. The summed E-state index contributed by atoms with van der Waals surface area (Å²) in [7, 11) is 1.43. The van der Waals surface area contributed by atoms with Gasteiger partial charge < -0.3 is 19.3 Å². The molecule has 4 rings (SSSR count). The van der Waals surface area contributed by atoms with E-state index in [-0.39, 0.29) is 18.2 Å². The molecular formula is C25H45N5O4. The molecule has 1 saturated carbocycles. The van der Waals surface area contributed by atoms with Crippen molar-refractivity contribution >= 4 is 12.1 Å². The molecule has 9 heteroatoms. The molecule has 1 unspecified atom stereocenters. The van der Waals surface area contributed by atoms with Gasteiger partial charge in [0.15, 0.2) is 0 Å². The van der Waals surface area contributed by atoms with E-state index in [1.165, 1.54) is 65.4 Å². The van der Waals surface area contributed by atoms with Gasteiger partial charge in [-0.3, -0.25) is 19.5 Å². The Bertz CT molecular complexity index is 643. The number of cyclic esters (lactones) is 1. The van der Waals surface area contributed by atoms with Crippen molar-refractivity contribution in [2.24, 2.45) is 0 Å². The van der Waals surface area contributed by atoms with Crippen LogP contribution in [0.4, 0.5) is 4.79 Å². The molecule has 1 amide bonds. The maximum Gasteiger partial charge on any atom is 0.410 e. The van der Waals surface area contributed by atoms with Gasteiger partial charge in [-0.05, 0) is 32.2 Å². The first-order valence-electron chi connectivity index (χ1n) is 13.5. The Morgan fingerprint density at radius 1 is 0.882 bits per heavy atom. The van der Waals surface area contributed by atoms with Crippen LogP contribution in [0.3, 0.4) is 0 Å². The Hall–Kier alpha value is -1.42. The standard InChI is InChI=1S/C25H45N5O4/c1-33-24(31)21-28-13-11-27(12-14-28)19-23-20-30(25(32)34-23)10-6-5-9-26-15-17-29(18-16-26)22-7-3-2-4-8-22/h22-23H,2-21H2,1H3. The number of carbonyl (C=O) groups is 2. The lowest BCUT2D eigenvalue weighted by Crippen LogP contribution is -2.50. The SMILES string of the molecule is COC(=O)CN1CCN(CC2CN(CCCCN3CCN(C4CCCCC4)CC3)C(=O)O2)CC1. The fourth-order valence-electron chi connectivity index (χ4n) is 5.95. The van der Waals surface area contributed by atoms with Gasteiger partial charge in [-0.15, -0.1) is 0 Å². The smallest absolute Gasteiger partial charge is 0.410 e. The van der Waals surface area contributed by atoms with E-state index in [1.54, 1.807) is 0 Å². The van der Waals surface area contributed by atoms with Crippen molar-refractivity contribution in [2.75, 3.05) is 92.2 Å². The second kappa shape index (κ2) is 13.0. The molecule has 0 aromatic heterocycles. The molecule has 3 heterocycles. The first-order valence-corrected chi connectivity index (χ1v) is 13.5. The maximum atomic E-state index is 12.3. The molecule has 0 spiro atoms. The zero-order valence-electron chi connectivity index (χ0n) is 21.2. The molecule has 9 nitrogen and oxygen atoms in total. The molecule has 0 aromatic rings. The minimum absolute atomic E-state index is 0.0486. The lowest BCUT2D eigenvalue weighted by atomic mass is 9.94.